The standard InChI is InChI=1S/C17H25NO5S/c1-12-5-7-14(8-6-12)24(21,22)23-11-13-9-10-18(16(19)20)15(13)17(2,3)4/h5-8,13,15H,9-11H2,1-4H3,(H,19,20). The third-order valence-electron chi connectivity index (χ3n) is 4.40. The number of nitrogens with zero attached hydrogens (tertiary/aromatic N) is 1. The SMILES string of the molecule is Cc1ccc(S(=O)(=O)OCC2CCN(C(=O)O)C2C(C)(C)C)cc1. The summed E-state index contributed by atoms with van der Waals surface area (Å²) in [4.78, 5) is 12.9. The van der Waals surface area contributed by atoms with Gasteiger partial charge >= 0.3 is 6.09 Å². The quantitative estimate of drug-likeness (QED) is 0.839. The highest BCUT2D eigenvalue weighted by Gasteiger charge is 2.44. The molecular formula is C17H25NO5S. The second-order valence-corrected chi connectivity index (χ2v) is 9.00. The van der Waals surface area contributed by atoms with Crippen molar-refractivity contribution in [3.63, 3.8) is 0 Å². The van der Waals surface area contributed by atoms with Crippen LogP contribution in [0.4, 0.5) is 4.79 Å². The van der Waals surface area contributed by atoms with Gasteiger partial charge in [-0.2, -0.15) is 8.42 Å². The Labute approximate surface area is 143 Å². The molecule has 2 atom stereocenters. The molecule has 0 bridgehead atoms. The van der Waals surface area contributed by atoms with E-state index in [-0.39, 0.29) is 28.9 Å². The summed E-state index contributed by atoms with van der Waals surface area (Å²) in [5, 5.41) is 9.36. The molecule has 2 unspecified atom stereocenters. The minimum Gasteiger partial charge on any atom is -0.465 e. The maximum absolute atomic E-state index is 12.3. The maximum Gasteiger partial charge on any atom is 0.407 e. The van der Waals surface area contributed by atoms with Crippen LogP contribution in [0.1, 0.15) is 32.8 Å². The van der Waals surface area contributed by atoms with E-state index in [4.69, 9.17) is 4.18 Å². The fourth-order valence-electron chi connectivity index (χ4n) is 3.37. The number of rotatable bonds is 4. The average molecular weight is 355 g/mol. The van der Waals surface area contributed by atoms with Crippen LogP contribution in [0.15, 0.2) is 29.2 Å². The number of benzene rings is 1. The van der Waals surface area contributed by atoms with Crippen LogP contribution in [0, 0.1) is 18.3 Å². The second kappa shape index (κ2) is 6.72. The van der Waals surface area contributed by atoms with Gasteiger partial charge in [0.15, 0.2) is 0 Å². The highest BCUT2D eigenvalue weighted by atomic mass is 32.2. The van der Waals surface area contributed by atoms with Gasteiger partial charge in [0, 0.05) is 18.5 Å². The third kappa shape index (κ3) is 4.08. The lowest BCUT2D eigenvalue weighted by Crippen LogP contribution is -2.46. The van der Waals surface area contributed by atoms with E-state index >= 15 is 0 Å². The Morgan fingerprint density at radius 2 is 1.88 bits per heavy atom. The molecule has 7 heteroatoms. The van der Waals surface area contributed by atoms with Gasteiger partial charge in [-0.25, -0.2) is 4.79 Å². The summed E-state index contributed by atoms with van der Waals surface area (Å²) in [5.41, 5.74) is 0.672. The van der Waals surface area contributed by atoms with Gasteiger partial charge in [-0.05, 0) is 30.9 Å². The molecule has 0 saturated carbocycles. The van der Waals surface area contributed by atoms with Crippen LogP contribution < -0.4 is 0 Å². The molecule has 2 rings (SSSR count). The Kier molecular flexibility index (Phi) is 5.25. The van der Waals surface area contributed by atoms with E-state index in [0.29, 0.717) is 13.0 Å². The number of likely N-dealkylation sites (tertiary alicyclic amines) is 1. The Morgan fingerprint density at radius 3 is 2.38 bits per heavy atom. The van der Waals surface area contributed by atoms with Crippen LogP contribution in [-0.4, -0.2) is 43.7 Å². The fourth-order valence-corrected chi connectivity index (χ4v) is 4.33. The monoisotopic (exact) mass is 355 g/mol. The average Bonchev–Trinajstić information content (AvgIpc) is 2.90. The zero-order chi connectivity index (χ0) is 18.1. The van der Waals surface area contributed by atoms with E-state index in [1.807, 2.05) is 27.7 Å². The van der Waals surface area contributed by atoms with Crippen molar-refractivity contribution in [3.8, 4) is 0 Å². The van der Waals surface area contributed by atoms with Gasteiger partial charge in [0.2, 0.25) is 0 Å². The molecule has 1 heterocycles. The van der Waals surface area contributed by atoms with Crippen LogP contribution in [0.3, 0.4) is 0 Å². The predicted octanol–water partition coefficient (Wildman–Crippen LogP) is 3.11. The summed E-state index contributed by atoms with van der Waals surface area (Å²) < 4.78 is 29.9. The molecule has 1 aromatic carbocycles. The van der Waals surface area contributed by atoms with Gasteiger partial charge in [0.25, 0.3) is 10.1 Å². The van der Waals surface area contributed by atoms with Crippen molar-refractivity contribution in [2.45, 2.75) is 45.1 Å². The lowest BCUT2D eigenvalue weighted by molar-refractivity contribution is 0.0796. The third-order valence-corrected chi connectivity index (χ3v) is 5.70. The number of aryl methyl sites for hydroxylation is 1. The van der Waals surface area contributed by atoms with Crippen molar-refractivity contribution in [1.82, 2.24) is 4.90 Å². The molecule has 1 N–H and O–H groups in total. The summed E-state index contributed by atoms with van der Waals surface area (Å²) in [5.74, 6) is -0.152. The van der Waals surface area contributed by atoms with Crippen LogP contribution in [0.25, 0.3) is 0 Å². The van der Waals surface area contributed by atoms with Crippen molar-refractivity contribution in [1.29, 1.82) is 0 Å². The Balaban J connectivity index is 2.12. The van der Waals surface area contributed by atoms with Gasteiger partial charge < -0.3 is 10.0 Å². The molecule has 1 saturated heterocycles. The lowest BCUT2D eigenvalue weighted by Gasteiger charge is -2.36. The number of hydrogen-bond donors (Lipinski definition) is 1. The van der Waals surface area contributed by atoms with Crippen molar-refractivity contribution in [2.24, 2.45) is 11.3 Å². The minimum absolute atomic E-state index is 0.0120. The van der Waals surface area contributed by atoms with Crippen molar-refractivity contribution in [2.75, 3.05) is 13.2 Å². The van der Waals surface area contributed by atoms with Gasteiger partial charge in [-0.3, -0.25) is 4.18 Å². The molecule has 134 valence electrons. The van der Waals surface area contributed by atoms with Crippen LogP contribution >= 0.6 is 0 Å². The van der Waals surface area contributed by atoms with Crippen molar-refractivity contribution < 1.29 is 22.5 Å². The first kappa shape index (κ1) is 18.7. The lowest BCUT2D eigenvalue weighted by atomic mass is 9.80. The molecule has 1 aliphatic heterocycles. The van der Waals surface area contributed by atoms with E-state index in [2.05, 4.69) is 0 Å². The highest BCUT2D eigenvalue weighted by Crippen LogP contribution is 2.37. The molecule has 24 heavy (non-hydrogen) atoms. The van der Waals surface area contributed by atoms with E-state index in [9.17, 15) is 18.3 Å². The van der Waals surface area contributed by atoms with Gasteiger partial charge in [0.05, 0.1) is 11.5 Å². The summed E-state index contributed by atoms with van der Waals surface area (Å²) in [6.07, 6.45) is -0.378. The van der Waals surface area contributed by atoms with Crippen molar-refractivity contribution in [3.05, 3.63) is 29.8 Å². The Hall–Kier alpha value is -1.60. The molecular weight excluding hydrogens is 330 g/mol. The van der Waals surface area contributed by atoms with Crippen LogP contribution in [0.2, 0.25) is 0 Å². The van der Waals surface area contributed by atoms with E-state index in [1.165, 1.54) is 17.0 Å². The van der Waals surface area contributed by atoms with Crippen LogP contribution in [-0.2, 0) is 14.3 Å². The Bertz CT molecular complexity index is 691. The topological polar surface area (TPSA) is 83.9 Å². The molecule has 1 fully saturated rings. The summed E-state index contributed by atoms with van der Waals surface area (Å²) >= 11 is 0. The largest absolute Gasteiger partial charge is 0.465 e. The second-order valence-electron chi connectivity index (χ2n) is 7.39. The summed E-state index contributed by atoms with van der Waals surface area (Å²) in [7, 11) is -3.84. The maximum atomic E-state index is 12.3. The number of carbonyl (C=O) groups is 1. The first-order valence-electron chi connectivity index (χ1n) is 7.98. The van der Waals surface area contributed by atoms with E-state index in [0.717, 1.165) is 5.56 Å². The molecule has 1 aromatic rings. The zero-order valence-corrected chi connectivity index (χ0v) is 15.3. The fraction of sp³-hybridized carbons (Fsp3) is 0.588. The van der Waals surface area contributed by atoms with Gasteiger partial charge in [-0.1, -0.05) is 38.5 Å². The van der Waals surface area contributed by atoms with Gasteiger partial charge in [-0.15, -0.1) is 0 Å². The molecule has 1 amide bonds. The molecule has 0 spiro atoms. The van der Waals surface area contributed by atoms with Gasteiger partial charge in [0.1, 0.15) is 0 Å². The smallest absolute Gasteiger partial charge is 0.407 e. The summed E-state index contributed by atoms with van der Waals surface area (Å²) in [6, 6.07) is 6.20. The molecule has 6 nitrogen and oxygen atoms in total. The number of carboxylic acid groups (broad SMARTS) is 1. The molecule has 0 aromatic heterocycles. The number of hydrogen-bond acceptors (Lipinski definition) is 4. The van der Waals surface area contributed by atoms with E-state index in [1.54, 1.807) is 12.1 Å². The summed E-state index contributed by atoms with van der Waals surface area (Å²) in [6.45, 7) is 8.14. The Morgan fingerprint density at radius 1 is 1.29 bits per heavy atom. The van der Waals surface area contributed by atoms with Crippen molar-refractivity contribution >= 4 is 16.2 Å². The highest BCUT2D eigenvalue weighted by molar-refractivity contribution is 7.86. The molecule has 1 aliphatic rings. The number of amides is 1. The first-order valence-corrected chi connectivity index (χ1v) is 9.39. The predicted molar refractivity (Wildman–Crippen MR) is 90.4 cm³/mol. The van der Waals surface area contributed by atoms with E-state index < -0.39 is 16.2 Å². The zero-order valence-electron chi connectivity index (χ0n) is 14.5. The molecule has 0 aliphatic carbocycles. The molecule has 0 radical (unpaired) electrons. The first-order chi connectivity index (χ1) is 11.0. The minimum atomic E-state index is -3.84. The normalized spacial score (nSPS) is 21.9. The van der Waals surface area contributed by atoms with Crippen LogP contribution in [0.5, 0.6) is 0 Å².